The molecule has 2 fully saturated rings. The summed E-state index contributed by atoms with van der Waals surface area (Å²) in [5.41, 5.74) is 1.64. The van der Waals surface area contributed by atoms with Gasteiger partial charge in [-0.1, -0.05) is 45.4 Å². The number of ether oxygens (including phenoxy) is 5. The molecule has 0 aromatic carbocycles. The number of fused-ring (bicyclic) bond motifs is 2. The number of rotatable bonds is 15. The van der Waals surface area contributed by atoms with E-state index in [-0.39, 0.29) is 23.5 Å². The van der Waals surface area contributed by atoms with Gasteiger partial charge in [0.1, 0.15) is 25.3 Å². The molecule has 41 heavy (non-hydrogen) atoms. The Hall–Kier alpha value is -1.61. The molecule has 0 spiro atoms. The van der Waals surface area contributed by atoms with Gasteiger partial charge in [-0.2, -0.15) is 5.10 Å². The molecule has 9 nitrogen and oxygen atoms in total. The van der Waals surface area contributed by atoms with Crippen molar-refractivity contribution in [1.29, 1.82) is 0 Å². The summed E-state index contributed by atoms with van der Waals surface area (Å²) < 4.78 is 33.0. The summed E-state index contributed by atoms with van der Waals surface area (Å²) in [4.78, 5) is 6.81. The normalized spacial score (nSPS) is 26.0. The lowest BCUT2D eigenvalue weighted by Gasteiger charge is -2.31. The molecule has 1 saturated heterocycles. The van der Waals surface area contributed by atoms with Gasteiger partial charge < -0.3 is 28.6 Å². The Morgan fingerprint density at radius 3 is 2.24 bits per heavy atom. The van der Waals surface area contributed by atoms with E-state index in [2.05, 4.69) is 62.9 Å². The first-order valence-corrected chi connectivity index (χ1v) is 22.3. The molecule has 2 aromatic rings. The second-order valence-corrected chi connectivity index (χ2v) is 25.8. The molecule has 0 radical (unpaired) electrons. The summed E-state index contributed by atoms with van der Waals surface area (Å²) in [6, 6.07) is 6.47. The third-order valence-electron chi connectivity index (χ3n) is 8.14. The molecule has 4 atom stereocenters. The highest BCUT2D eigenvalue weighted by atomic mass is 28.3. The zero-order valence-corrected chi connectivity index (χ0v) is 28.7. The lowest BCUT2D eigenvalue weighted by atomic mass is 9.84. The van der Waals surface area contributed by atoms with Crippen LogP contribution in [0.25, 0.3) is 5.52 Å². The van der Waals surface area contributed by atoms with E-state index in [0.29, 0.717) is 20.1 Å². The van der Waals surface area contributed by atoms with Crippen LogP contribution in [0.4, 0.5) is 5.82 Å². The van der Waals surface area contributed by atoms with Crippen molar-refractivity contribution in [1.82, 2.24) is 14.6 Å². The third-order valence-corrected chi connectivity index (χ3v) is 11.5. The van der Waals surface area contributed by atoms with Crippen molar-refractivity contribution in [2.75, 3.05) is 45.3 Å². The van der Waals surface area contributed by atoms with Crippen LogP contribution in [0.15, 0.2) is 31.1 Å². The van der Waals surface area contributed by atoms with Crippen molar-refractivity contribution in [3.05, 3.63) is 36.8 Å². The average Bonchev–Trinajstić information content (AvgIpc) is 3.52. The molecule has 1 saturated carbocycles. The zero-order chi connectivity index (χ0) is 30.1. The molecule has 230 valence electrons. The molecule has 2 aromatic heterocycles. The van der Waals surface area contributed by atoms with Crippen LogP contribution >= 0.6 is 0 Å². The topological polar surface area (TPSA) is 79.6 Å². The minimum atomic E-state index is -1.20. The number of anilines is 1. The second kappa shape index (κ2) is 12.6. The molecule has 11 heteroatoms. The van der Waals surface area contributed by atoms with Crippen molar-refractivity contribution < 1.29 is 23.7 Å². The monoisotopic (exact) mass is 604 g/mol. The van der Waals surface area contributed by atoms with Crippen LogP contribution in [0.5, 0.6) is 0 Å². The molecule has 3 heterocycles. The number of hydrogen-bond donors (Lipinski definition) is 0. The van der Waals surface area contributed by atoms with Gasteiger partial charge in [-0.05, 0) is 44.5 Å². The predicted molar refractivity (Wildman–Crippen MR) is 169 cm³/mol. The highest BCUT2D eigenvalue weighted by molar-refractivity contribution is 6.76. The minimum absolute atomic E-state index is 0.0506. The van der Waals surface area contributed by atoms with E-state index in [1.54, 1.807) is 13.4 Å². The van der Waals surface area contributed by atoms with Crippen molar-refractivity contribution in [3.8, 4) is 0 Å². The van der Waals surface area contributed by atoms with Crippen LogP contribution in [-0.4, -0.2) is 89.1 Å². The van der Waals surface area contributed by atoms with Crippen LogP contribution in [0.2, 0.25) is 51.4 Å². The molecule has 0 amide bonds. The van der Waals surface area contributed by atoms with Gasteiger partial charge in [-0.25, -0.2) is 9.50 Å². The Morgan fingerprint density at radius 2 is 1.68 bits per heavy atom. The van der Waals surface area contributed by atoms with Crippen molar-refractivity contribution in [2.24, 2.45) is 5.41 Å². The predicted octanol–water partition coefficient (Wildman–Crippen LogP) is 5.99. The van der Waals surface area contributed by atoms with Gasteiger partial charge in [0.25, 0.3) is 0 Å². The van der Waals surface area contributed by atoms with Gasteiger partial charge in [0.15, 0.2) is 11.6 Å². The van der Waals surface area contributed by atoms with Gasteiger partial charge in [-0.3, -0.25) is 0 Å². The van der Waals surface area contributed by atoms with E-state index in [1.165, 1.54) is 0 Å². The first-order valence-electron chi connectivity index (χ1n) is 14.9. The fraction of sp³-hybridized carbons (Fsp3) is 0.733. The van der Waals surface area contributed by atoms with Gasteiger partial charge in [0, 0.05) is 53.5 Å². The number of methoxy groups -OCH3 is 1. The van der Waals surface area contributed by atoms with E-state index in [4.69, 9.17) is 33.8 Å². The molecular formula is C30H52N4O5Si2. The summed E-state index contributed by atoms with van der Waals surface area (Å²) in [6.07, 6.45) is 4.13. The number of aromatic nitrogens is 3. The van der Waals surface area contributed by atoms with Crippen LogP contribution < -0.4 is 4.90 Å². The number of nitrogens with zero attached hydrogens (tertiary/aromatic N) is 4. The van der Waals surface area contributed by atoms with Crippen LogP contribution in [0, 0.1) is 5.41 Å². The smallest absolute Gasteiger partial charge is 0.163 e. The van der Waals surface area contributed by atoms with Gasteiger partial charge >= 0.3 is 0 Å². The van der Waals surface area contributed by atoms with E-state index in [0.717, 1.165) is 48.8 Å². The highest BCUT2D eigenvalue weighted by Gasteiger charge is 2.61. The van der Waals surface area contributed by atoms with Gasteiger partial charge in [0.05, 0.1) is 18.8 Å². The van der Waals surface area contributed by atoms with E-state index in [9.17, 15) is 0 Å². The van der Waals surface area contributed by atoms with Gasteiger partial charge in [0.2, 0.25) is 0 Å². The van der Waals surface area contributed by atoms with E-state index < -0.39 is 21.9 Å². The van der Waals surface area contributed by atoms with Crippen LogP contribution in [0.3, 0.4) is 0 Å². The average molecular weight is 605 g/mol. The van der Waals surface area contributed by atoms with Crippen molar-refractivity contribution in [2.45, 2.75) is 95.6 Å². The van der Waals surface area contributed by atoms with E-state index in [1.807, 2.05) is 24.4 Å². The van der Waals surface area contributed by atoms with Crippen LogP contribution in [-0.2, 0) is 23.7 Å². The molecule has 1 aliphatic carbocycles. The largest absolute Gasteiger partial charge is 0.384 e. The maximum atomic E-state index is 6.50. The molecule has 2 aliphatic rings. The standard InChI is InChI=1S/C30H52N4O5Si2/c1-11-30(19-35-4)18-23(26-27(30)39-29(2,3)38-26)24-12-13-25-28(31-20-32-34(24)25)33(21-36-14-16-40(5,6)7)22-37-15-17-41(8,9)10/h11-13,20,23,26-27H,1,14-19,21-22H2,2-10H3/t23-,26-,27-,30-/m0/s1. The first kappa shape index (κ1) is 32.3. The second-order valence-electron chi connectivity index (χ2n) is 14.6. The maximum Gasteiger partial charge on any atom is 0.163 e. The quantitative estimate of drug-likeness (QED) is 0.106. The fourth-order valence-corrected chi connectivity index (χ4v) is 7.36. The van der Waals surface area contributed by atoms with Crippen molar-refractivity contribution >= 4 is 27.5 Å². The highest BCUT2D eigenvalue weighted by Crippen LogP contribution is 2.55. The Balaban J connectivity index is 1.62. The Morgan fingerprint density at radius 1 is 1.05 bits per heavy atom. The first-order chi connectivity index (χ1) is 19.2. The molecule has 0 N–H and O–H groups in total. The molecule has 0 unspecified atom stereocenters. The Kier molecular flexibility index (Phi) is 9.89. The lowest BCUT2D eigenvalue weighted by Crippen LogP contribution is -2.37. The summed E-state index contributed by atoms with van der Waals surface area (Å²) in [7, 11) is -0.664. The van der Waals surface area contributed by atoms with Crippen molar-refractivity contribution in [3.63, 3.8) is 0 Å². The lowest BCUT2D eigenvalue weighted by molar-refractivity contribution is -0.166. The van der Waals surface area contributed by atoms with E-state index >= 15 is 0 Å². The summed E-state index contributed by atoms with van der Waals surface area (Å²) in [6.45, 7) is 25.1. The summed E-state index contributed by atoms with van der Waals surface area (Å²) in [5, 5.41) is 4.71. The minimum Gasteiger partial charge on any atom is -0.384 e. The summed E-state index contributed by atoms with van der Waals surface area (Å²) >= 11 is 0. The Bertz CT molecular complexity index is 1160. The summed E-state index contributed by atoms with van der Waals surface area (Å²) in [5.74, 6) is 0.174. The van der Waals surface area contributed by atoms with Crippen LogP contribution in [0.1, 0.15) is 31.9 Å². The Labute approximate surface area is 248 Å². The maximum absolute atomic E-state index is 6.50. The number of hydrogen-bond acceptors (Lipinski definition) is 8. The molecule has 1 aliphatic heterocycles. The third kappa shape index (κ3) is 7.68. The SMILES string of the molecule is C=C[C@@]1(COC)C[C@@H](c2ccc3c(N(COCC[Si](C)(C)C)COCC[Si](C)(C)C)ncnn23)[C@@H]2OC(C)(C)O[C@@H]21. The molecule has 4 rings (SSSR count). The molecular weight excluding hydrogens is 553 g/mol. The fourth-order valence-electron chi connectivity index (χ4n) is 5.84. The van der Waals surface area contributed by atoms with Gasteiger partial charge in [-0.15, -0.1) is 6.58 Å². The molecule has 0 bridgehead atoms. The zero-order valence-electron chi connectivity index (χ0n) is 26.7.